The first kappa shape index (κ1) is 34.4. The number of phenols is 1. The molecule has 2 aromatic carbocycles. The number of pyridine rings is 1. The molecule has 4 aromatic rings. The van der Waals surface area contributed by atoms with Crippen LogP contribution in [0.2, 0.25) is 0 Å². The van der Waals surface area contributed by atoms with E-state index in [1.165, 1.54) is 36.5 Å². The molecule has 11 nitrogen and oxygen atoms in total. The molecule has 5 aliphatic heterocycles. The van der Waals surface area contributed by atoms with Crippen molar-refractivity contribution in [1.82, 2.24) is 29.7 Å². The quantitative estimate of drug-likeness (QED) is 0.215. The fourth-order valence-electron chi connectivity index (χ4n) is 9.51. The summed E-state index contributed by atoms with van der Waals surface area (Å²) in [7, 11) is 0. The second-order valence-electron chi connectivity index (χ2n) is 15.2. The highest BCUT2D eigenvalue weighted by Gasteiger charge is 2.50. The summed E-state index contributed by atoms with van der Waals surface area (Å²) in [6.45, 7) is 6.33. The van der Waals surface area contributed by atoms with Gasteiger partial charge in [-0.25, -0.2) is 13.2 Å². The van der Waals surface area contributed by atoms with Crippen LogP contribution in [0.4, 0.5) is 19.0 Å². The molecule has 0 saturated carbocycles. The third-order valence-electron chi connectivity index (χ3n) is 12.1. The predicted molar refractivity (Wildman–Crippen MR) is 194 cm³/mol. The number of hydrogen-bond acceptors (Lipinski definition) is 9. The number of rotatable bonds is 7. The molecule has 2 aromatic heterocycles. The number of benzene rings is 2. The van der Waals surface area contributed by atoms with Gasteiger partial charge in [-0.3, -0.25) is 19.5 Å². The Balaban J connectivity index is 1.10. The van der Waals surface area contributed by atoms with E-state index >= 15 is 4.39 Å². The summed E-state index contributed by atoms with van der Waals surface area (Å²) in [6.07, 6.45) is 11.0. The lowest BCUT2D eigenvalue weighted by Crippen LogP contribution is -2.62. The maximum atomic E-state index is 17.1. The number of piperazine rings is 1. The molecule has 5 saturated heterocycles. The van der Waals surface area contributed by atoms with Gasteiger partial charge >= 0.3 is 6.01 Å². The van der Waals surface area contributed by atoms with Crippen LogP contribution in [0.3, 0.4) is 0 Å². The Labute approximate surface area is 309 Å². The molecule has 0 spiro atoms. The van der Waals surface area contributed by atoms with Crippen LogP contribution in [-0.2, 0) is 9.59 Å². The average molecular weight is 738 g/mol. The fourth-order valence-corrected chi connectivity index (χ4v) is 9.51. The van der Waals surface area contributed by atoms with E-state index in [-0.39, 0.29) is 75.9 Å². The summed E-state index contributed by atoms with van der Waals surface area (Å²) in [5.74, 6) is 0.602. The number of hydrogen-bond donors (Lipinski definition) is 1. The Morgan fingerprint density at radius 3 is 2.63 bits per heavy atom. The molecule has 9 rings (SSSR count). The van der Waals surface area contributed by atoms with Gasteiger partial charge in [0.2, 0.25) is 11.8 Å². The van der Waals surface area contributed by atoms with E-state index in [1.54, 1.807) is 4.90 Å². The molecular weight excluding hydrogens is 699 g/mol. The molecule has 5 fully saturated rings. The Morgan fingerprint density at radius 1 is 1.11 bits per heavy atom. The summed E-state index contributed by atoms with van der Waals surface area (Å²) in [5.41, 5.74) is -0.802. The van der Waals surface area contributed by atoms with E-state index in [0.717, 1.165) is 32.2 Å². The number of amides is 2. The first-order chi connectivity index (χ1) is 26.1. The first-order valence-electron chi connectivity index (χ1n) is 18.4. The number of aromatic hydroxyl groups is 1. The van der Waals surface area contributed by atoms with E-state index in [4.69, 9.17) is 16.1 Å². The molecule has 5 aliphatic rings. The Bertz CT molecular complexity index is 2280. The molecule has 1 N–H and O–H groups in total. The summed E-state index contributed by atoms with van der Waals surface area (Å²) in [5, 5.41) is 11.6. The largest absolute Gasteiger partial charge is 0.508 e. The van der Waals surface area contributed by atoms with Gasteiger partial charge in [0.25, 0.3) is 0 Å². The molecule has 2 amide bonds. The van der Waals surface area contributed by atoms with Crippen molar-refractivity contribution in [2.24, 2.45) is 5.92 Å². The van der Waals surface area contributed by atoms with E-state index < -0.39 is 23.3 Å². The number of fused-ring (bicyclic) bond motifs is 5. The lowest BCUT2D eigenvalue weighted by Gasteiger charge is -2.46. The second kappa shape index (κ2) is 12.9. The number of anilines is 1. The topological polar surface area (TPSA) is 115 Å². The highest BCUT2D eigenvalue weighted by molar-refractivity contribution is 6.03. The Morgan fingerprint density at radius 2 is 1.89 bits per heavy atom. The minimum Gasteiger partial charge on any atom is -0.508 e. The SMILES string of the molecule is C#Cc1c(F)ccc2cc(O)cc(-c3ncc4c(N5CC6CCC(C5)N6C(=O)C5CN(C(=O)C=C)C5)nc(OCC56CCCN5CC(F)C6)nc4c3F)c12. The van der Waals surface area contributed by atoms with Crippen molar-refractivity contribution in [3.8, 4) is 35.4 Å². The number of halogens is 3. The van der Waals surface area contributed by atoms with Crippen molar-refractivity contribution in [2.45, 2.75) is 55.9 Å². The van der Waals surface area contributed by atoms with Gasteiger partial charge in [0.15, 0.2) is 5.82 Å². The van der Waals surface area contributed by atoms with Gasteiger partial charge in [-0.15, -0.1) is 6.42 Å². The van der Waals surface area contributed by atoms with Crippen LogP contribution in [0.25, 0.3) is 32.9 Å². The second-order valence-corrected chi connectivity index (χ2v) is 15.2. The monoisotopic (exact) mass is 737 g/mol. The number of alkyl halides is 1. The molecule has 4 atom stereocenters. The van der Waals surface area contributed by atoms with Crippen LogP contribution >= 0.6 is 0 Å². The van der Waals surface area contributed by atoms with Crippen LogP contribution in [-0.4, -0.2) is 116 Å². The van der Waals surface area contributed by atoms with Crippen molar-refractivity contribution >= 4 is 39.3 Å². The molecule has 7 heterocycles. The van der Waals surface area contributed by atoms with E-state index in [2.05, 4.69) is 27.4 Å². The Kier molecular flexibility index (Phi) is 8.18. The smallest absolute Gasteiger partial charge is 0.319 e. The number of carbonyl (C=O) groups is 2. The number of phenolic OH excluding ortho intramolecular Hbond substituents is 1. The van der Waals surface area contributed by atoms with Gasteiger partial charge in [0, 0.05) is 68.4 Å². The normalized spacial score (nSPS) is 25.2. The van der Waals surface area contributed by atoms with Gasteiger partial charge in [-0.2, -0.15) is 9.97 Å². The first-order valence-corrected chi connectivity index (χ1v) is 18.4. The maximum Gasteiger partial charge on any atom is 0.319 e. The third-order valence-corrected chi connectivity index (χ3v) is 12.1. The molecule has 2 bridgehead atoms. The predicted octanol–water partition coefficient (Wildman–Crippen LogP) is 4.59. The summed E-state index contributed by atoms with van der Waals surface area (Å²) >= 11 is 0. The highest BCUT2D eigenvalue weighted by atomic mass is 19.1. The molecule has 14 heteroatoms. The minimum absolute atomic E-state index is 0.0217. The Hall–Kier alpha value is -5.42. The molecule has 0 radical (unpaired) electrons. The molecular formula is C40H38F3N7O4. The third kappa shape index (κ3) is 5.42. The van der Waals surface area contributed by atoms with Gasteiger partial charge in [-0.05, 0) is 61.9 Å². The molecule has 4 unspecified atom stereocenters. The van der Waals surface area contributed by atoms with Crippen LogP contribution in [0.15, 0.2) is 43.1 Å². The van der Waals surface area contributed by atoms with Gasteiger partial charge in [0.05, 0.1) is 22.4 Å². The van der Waals surface area contributed by atoms with Crippen molar-refractivity contribution < 1.29 is 32.6 Å². The van der Waals surface area contributed by atoms with Crippen LogP contribution < -0.4 is 9.64 Å². The lowest BCUT2D eigenvalue weighted by molar-refractivity contribution is -0.148. The van der Waals surface area contributed by atoms with Crippen LogP contribution in [0.1, 0.15) is 37.7 Å². The zero-order valence-corrected chi connectivity index (χ0v) is 29.5. The average Bonchev–Trinajstić information content (AvgIpc) is 3.76. The van der Waals surface area contributed by atoms with Crippen molar-refractivity contribution in [1.29, 1.82) is 0 Å². The number of nitrogens with zero attached hydrogens (tertiary/aromatic N) is 7. The highest BCUT2D eigenvalue weighted by Crippen LogP contribution is 2.43. The minimum atomic E-state index is -0.970. The summed E-state index contributed by atoms with van der Waals surface area (Å²) < 4.78 is 52.9. The van der Waals surface area contributed by atoms with Crippen molar-refractivity contribution in [3.63, 3.8) is 0 Å². The number of terminal acetylenes is 1. The summed E-state index contributed by atoms with van der Waals surface area (Å²) in [4.78, 5) is 47.3. The molecule has 278 valence electrons. The number of ether oxygens (including phenoxy) is 1. The van der Waals surface area contributed by atoms with Crippen molar-refractivity contribution in [3.05, 3.63) is 60.3 Å². The maximum absolute atomic E-state index is 17.1. The summed E-state index contributed by atoms with van der Waals surface area (Å²) in [6, 6.07) is 5.02. The zero-order valence-electron chi connectivity index (χ0n) is 29.5. The number of likely N-dealkylation sites (tertiary alicyclic amines) is 1. The van der Waals surface area contributed by atoms with E-state index in [0.29, 0.717) is 55.7 Å². The van der Waals surface area contributed by atoms with Crippen molar-refractivity contribution in [2.75, 3.05) is 50.8 Å². The van der Waals surface area contributed by atoms with E-state index in [1.807, 2.05) is 9.80 Å². The molecule has 54 heavy (non-hydrogen) atoms. The molecule has 0 aliphatic carbocycles. The van der Waals surface area contributed by atoms with Crippen LogP contribution in [0, 0.1) is 29.9 Å². The van der Waals surface area contributed by atoms with Gasteiger partial charge < -0.3 is 24.5 Å². The van der Waals surface area contributed by atoms with E-state index in [9.17, 15) is 23.5 Å². The number of aromatic nitrogens is 3. The van der Waals surface area contributed by atoms with Gasteiger partial charge in [-0.1, -0.05) is 18.6 Å². The zero-order chi connectivity index (χ0) is 37.5. The lowest BCUT2D eigenvalue weighted by atomic mass is 9.95. The van der Waals surface area contributed by atoms with Crippen LogP contribution in [0.5, 0.6) is 11.8 Å². The standard InChI is InChI=1S/C40H38F3N7O4/c1-3-28-31(42)9-6-22-12-27(51)13-29(33(22)28)35-34(43)36-30(15-44-35)37(46-39(45-36)54-21-40-10-5-11-49(40)18-24(41)14-40)48-19-25-7-8-26(20-48)50(25)38(53)23-16-47(17-23)32(52)4-2/h1,4,6,9,12-13,15,23-26,51H,2,5,7-8,10-11,14,16-21H2. The number of carbonyl (C=O) groups excluding carboxylic acids is 2. The van der Waals surface area contributed by atoms with Gasteiger partial charge in [0.1, 0.15) is 41.4 Å². The fraction of sp³-hybridized carbons (Fsp3) is 0.425.